The topological polar surface area (TPSA) is 98.3 Å². The molecule has 0 amide bonds. The molecule has 1 aliphatic rings. The van der Waals surface area contributed by atoms with Gasteiger partial charge in [-0.15, -0.1) is 0 Å². The molecule has 0 spiro atoms. The average Bonchev–Trinajstić information content (AvgIpc) is 3.07. The third kappa shape index (κ3) is 7.20. The van der Waals surface area contributed by atoms with Crippen LogP contribution in [-0.2, 0) is 5.60 Å². The van der Waals surface area contributed by atoms with Crippen LogP contribution in [0.25, 0.3) is 0 Å². The summed E-state index contributed by atoms with van der Waals surface area (Å²) in [5.74, 6) is 0.313. The molecule has 120 valence electrons. The lowest BCUT2D eigenvalue weighted by molar-refractivity contribution is 0.0776. The Balaban J connectivity index is 0. The summed E-state index contributed by atoms with van der Waals surface area (Å²) in [5, 5.41) is 10.1. The fourth-order valence-corrected chi connectivity index (χ4v) is 1.98. The predicted molar refractivity (Wildman–Crippen MR) is 93.0 cm³/mol. The van der Waals surface area contributed by atoms with Crippen LogP contribution in [0.5, 0.6) is 0 Å². The molecule has 0 radical (unpaired) electrons. The molecule has 1 aromatic rings. The average molecular weight is 293 g/mol. The van der Waals surface area contributed by atoms with Gasteiger partial charge < -0.3 is 22.3 Å². The summed E-state index contributed by atoms with van der Waals surface area (Å²) in [6.45, 7) is 3.66. The number of aliphatic hydroxyl groups is 1. The molecule has 2 rings (SSSR count). The first-order valence-electron chi connectivity index (χ1n) is 6.99. The van der Waals surface area contributed by atoms with Crippen LogP contribution in [0.4, 0.5) is 0 Å². The van der Waals surface area contributed by atoms with E-state index in [0.29, 0.717) is 5.92 Å². The van der Waals surface area contributed by atoms with Gasteiger partial charge in [-0.25, -0.2) is 0 Å². The fraction of sp³-hybridized carbons (Fsp3) is 0.412. The summed E-state index contributed by atoms with van der Waals surface area (Å²) in [6.07, 6.45) is 8.38. The van der Waals surface area contributed by atoms with Crippen LogP contribution >= 0.6 is 0 Å². The summed E-state index contributed by atoms with van der Waals surface area (Å²) in [4.78, 5) is 0. The Hall–Kier alpha value is -1.46. The summed E-state index contributed by atoms with van der Waals surface area (Å²) >= 11 is 0. The van der Waals surface area contributed by atoms with Gasteiger partial charge in [0, 0.05) is 5.92 Å². The van der Waals surface area contributed by atoms with Gasteiger partial charge in [0.2, 0.25) is 0 Å². The normalized spacial score (nSPS) is 12.4. The van der Waals surface area contributed by atoms with E-state index in [1.54, 1.807) is 0 Å². The van der Waals surface area contributed by atoms with Gasteiger partial charge in [-0.1, -0.05) is 48.6 Å². The number of hydrogen-bond donors (Lipinski definition) is 4. The van der Waals surface area contributed by atoms with E-state index in [2.05, 4.69) is 35.4 Å². The molecule has 0 fully saturated rings. The molecule has 21 heavy (non-hydrogen) atoms. The van der Waals surface area contributed by atoms with Crippen LogP contribution in [0.15, 0.2) is 48.6 Å². The molecule has 0 aliphatic heterocycles. The zero-order valence-electron chi connectivity index (χ0n) is 13.9. The Morgan fingerprint density at radius 3 is 1.71 bits per heavy atom. The first kappa shape index (κ1) is 21.8. The van der Waals surface area contributed by atoms with E-state index in [0.717, 1.165) is 5.56 Å². The molecule has 0 aromatic heterocycles. The van der Waals surface area contributed by atoms with Crippen LogP contribution in [0.1, 0.15) is 30.9 Å². The van der Waals surface area contributed by atoms with Crippen molar-refractivity contribution in [1.82, 2.24) is 0 Å². The molecule has 0 unspecified atom stereocenters. The number of rotatable bonds is 2. The zero-order chi connectivity index (χ0) is 16.9. The van der Waals surface area contributed by atoms with Crippen molar-refractivity contribution in [3.63, 3.8) is 0 Å². The molecule has 1 aliphatic carbocycles. The highest BCUT2D eigenvalue weighted by molar-refractivity contribution is 5.42. The van der Waals surface area contributed by atoms with Crippen molar-refractivity contribution in [2.24, 2.45) is 17.2 Å². The Morgan fingerprint density at radius 2 is 1.29 bits per heavy atom. The highest BCUT2D eigenvalue weighted by Gasteiger charge is 2.22. The number of nitrogens with two attached hydrogens (primary N) is 3. The maximum atomic E-state index is 10.1. The minimum atomic E-state index is -0.777. The molecule has 0 saturated carbocycles. The fourth-order valence-electron chi connectivity index (χ4n) is 1.98. The second-order valence-electron chi connectivity index (χ2n) is 4.44. The number of allylic oxidation sites excluding steroid dienone is 4. The van der Waals surface area contributed by atoms with E-state index in [9.17, 15) is 5.11 Å². The van der Waals surface area contributed by atoms with Gasteiger partial charge in [0.25, 0.3) is 0 Å². The molecule has 4 heteroatoms. The van der Waals surface area contributed by atoms with Crippen LogP contribution in [-0.4, -0.2) is 26.2 Å². The Bertz CT molecular complexity index is 408. The maximum absolute atomic E-state index is 10.1. The van der Waals surface area contributed by atoms with Crippen LogP contribution < -0.4 is 17.2 Å². The summed E-state index contributed by atoms with van der Waals surface area (Å²) in [6, 6.07) is 8.07. The van der Waals surface area contributed by atoms with Gasteiger partial charge >= 0.3 is 0 Å². The molecular formula is C17H31N3O. The van der Waals surface area contributed by atoms with Gasteiger partial charge in [-0.2, -0.15) is 0 Å². The minimum absolute atomic E-state index is 0.313. The summed E-state index contributed by atoms with van der Waals surface area (Å²) in [5.41, 5.74) is 14.9. The quantitative estimate of drug-likeness (QED) is 0.669. The molecule has 0 atom stereocenters. The highest BCUT2D eigenvalue weighted by Crippen LogP contribution is 2.31. The second-order valence-corrected chi connectivity index (χ2v) is 4.44. The molecular weight excluding hydrogens is 262 g/mol. The smallest absolute Gasteiger partial charge is 0.0843 e. The number of hydrogen-bond acceptors (Lipinski definition) is 4. The van der Waals surface area contributed by atoms with E-state index >= 15 is 0 Å². The zero-order valence-corrected chi connectivity index (χ0v) is 13.9. The van der Waals surface area contributed by atoms with E-state index < -0.39 is 5.60 Å². The van der Waals surface area contributed by atoms with E-state index in [1.165, 1.54) is 26.7 Å². The molecule has 7 N–H and O–H groups in total. The van der Waals surface area contributed by atoms with Crippen molar-refractivity contribution in [3.8, 4) is 0 Å². The standard InChI is InChI=1S/C14H16O.3CH5N/c1-14(2,15)13-10-6-5-9-12(13)11-7-3-4-8-11;3*1-2/h3-11,15H,1-2H3;3*2H2,1H3. The van der Waals surface area contributed by atoms with Crippen molar-refractivity contribution in [2.45, 2.75) is 25.4 Å². The second kappa shape index (κ2) is 12.3. The lowest BCUT2D eigenvalue weighted by atomic mass is 9.87. The van der Waals surface area contributed by atoms with Gasteiger partial charge in [-0.05, 0) is 46.1 Å². The number of benzene rings is 1. The van der Waals surface area contributed by atoms with Crippen molar-refractivity contribution in [1.29, 1.82) is 0 Å². The lowest BCUT2D eigenvalue weighted by Gasteiger charge is -2.23. The van der Waals surface area contributed by atoms with E-state index in [-0.39, 0.29) is 0 Å². The van der Waals surface area contributed by atoms with Crippen molar-refractivity contribution < 1.29 is 5.11 Å². The highest BCUT2D eigenvalue weighted by atomic mass is 16.3. The van der Waals surface area contributed by atoms with Crippen molar-refractivity contribution >= 4 is 0 Å². The van der Waals surface area contributed by atoms with Crippen LogP contribution in [0.3, 0.4) is 0 Å². The van der Waals surface area contributed by atoms with Gasteiger partial charge in [0.15, 0.2) is 0 Å². The SMILES string of the molecule is CC(C)(O)c1ccccc1C1C=CC=C1.CN.CN.CN. The van der Waals surface area contributed by atoms with Crippen LogP contribution in [0.2, 0.25) is 0 Å². The third-order valence-electron chi connectivity index (χ3n) is 2.73. The molecule has 0 heterocycles. The summed E-state index contributed by atoms with van der Waals surface area (Å²) < 4.78 is 0. The predicted octanol–water partition coefficient (Wildman–Crippen LogP) is 1.85. The first-order chi connectivity index (χ1) is 10.1. The van der Waals surface area contributed by atoms with Crippen molar-refractivity contribution in [2.75, 3.05) is 21.1 Å². The Morgan fingerprint density at radius 1 is 0.857 bits per heavy atom. The summed E-state index contributed by atoms with van der Waals surface area (Å²) in [7, 11) is 4.50. The van der Waals surface area contributed by atoms with Crippen LogP contribution in [0, 0.1) is 0 Å². The lowest BCUT2D eigenvalue weighted by Crippen LogP contribution is -2.18. The Kier molecular flexibility index (Phi) is 12.8. The van der Waals surface area contributed by atoms with E-state index in [4.69, 9.17) is 0 Å². The van der Waals surface area contributed by atoms with Crippen molar-refractivity contribution in [3.05, 3.63) is 59.7 Å². The molecule has 4 nitrogen and oxygen atoms in total. The largest absolute Gasteiger partial charge is 0.386 e. The molecule has 0 saturated heterocycles. The maximum Gasteiger partial charge on any atom is 0.0843 e. The Labute approximate surface area is 129 Å². The van der Waals surface area contributed by atoms with Gasteiger partial charge in [0.1, 0.15) is 0 Å². The molecule has 0 bridgehead atoms. The monoisotopic (exact) mass is 293 g/mol. The molecule has 1 aromatic carbocycles. The first-order valence-corrected chi connectivity index (χ1v) is 6.99. The van der Waals surface area contributed by atoms with Gasteiger partial charge in [-0.3, -0.25) is 0 Å². The van der Waals surface area contributed by atoms with Gasteiger partial charge in [0.05, 0.1) is 5.60 Å². The minimum Gasteiger partial charge on any atom is -0.386 e. The third-order valence-corrected chi connectivity index (χ3v) is 2.73. The van der Waals surface area contributed by atoms with E-state index in [1.807, 2.05) is 44.2 Å².